The average Bonchev–Trinajstić information content (AvgIpc) is 3.06. The lowest BCUT2D eigenvalue weighted by atomic mass is 9.97. The third-order valence-electron chi connectivity index (χ3n) is 4.18. The van der Waals surface area contributed by atoms with Gasteiger partial charge in [-0.15, -0.1) is 0 Å². The molecule has 6 heteroatoms. The predicted molar refractivity (Wildman–Crippen MR) is 87.7 cm³/mol. The van der Waals surface area contributed by atoms with Gasteiger partial charge in [0.1, 0.15) is 17.5 Å². The van der Waals surface area contributed by atoms with Crippen LogP contribution >= 0.6 is 0 Å². The molecule has 1 atom stereocenters. The molecule has 0 heterocycles. The van der Waals surface area contributed by atoms with E-state index in [-0.39, 0.29) is 17.7 Å². The van der Waals surface area contributed by atoms with Crippen LogP contribution in [-0.2, 0) is 9.59 Å². The van der Waals surface area contributed by atoms with Crippen LogP contribution < -0.4 is 20.1 Å². The van der Waals surface area contributed by atoms with Crippen molar-refractivity contribution in [1.82, 2.24) is 5.32 Å². The molecule has 0 aliphatic heterocycles. The summed E-state index contributed by atoms with van der Waals surface area (Å²) in [6.07, 6.45) is 4.11. The van der Waals surface area contributed by atoms with E-state index in [4.69, 9.17) is 9.47 Å². The number of benzene rings is 1. The highest BCUT2D eigenvalue weighted by Crippen LogP contribution is 2.31. The maximum absolute atomic E-state index is 12.6. The number of amides is 2. The van der Waals surface area contributed by atoms with Crippen molar-refractivity contribution in [2.24, 2.45) is 5.92 Å². The fourth-order valence-electron chi connectivity index (χ4n) is 3.02. The summed E-state index contributed by atoms with van der Waals surface area (Å²) in [6.45, 7) is 1.43. The van der Waals surface area contributed by atoms with Crippen molar-refractivity contribution >= 4 is 17.5 Å². The molecule has 6 nitrogen and oxygen atoms in total. The number of nitrogens with one attached hydrogen (secondary N) is 2. The summed E-state index contributed by atoms with van der Waals surface area (Å²) in [6, 6.07) is 4.68. The van der Waals surface area contributed by atoms with Gasteiger partial charge in [0.05, 0.1) is 19.9 Å². The third-order valence-corrected chi connectivity index (χ3v) is 4.18. The third kappa shape index (κ3) is 4.37. The van der Waals surface area contributed by atoms with Crippen molar-refractivity contribution < 1.29 is 19.1 Å². The molecule has 2 rings (SSSR count). The molecular weight excluding hydrogens is 296 g/mol. The van der Waals surface area contributed by atoms with E-state index in [0.29, 0.717) is 17.2 Å². The molecular formula is C17H24N2O4. The predicted octanol–water partition coefficient (Wildman–Crippen LogP) is 2.34. The molecule has 2 N–H and O–H groups in total. The zero-order valence-corrected chi connectivity index (χ0v) is 13.8. The van der Waals surface area contributed by atoms with Crippen LogP contribution in [0.5, 0.6) is 11.5 Å². The van der Waals surface area contributed by atoms with Gasteiger partial charge in [0.25, 0.3) is 0 Å². The van der Waals surface area contributed by atoms with E-state index in [1.54, 1.807) is 25.3 Å². The molecule has 23 heavy (non-hydrogen) atoms. The highest BCUT2D eigenvalue weighted by Gasteiger charge is 2.31. The van der Waals surface area contributed by atoms with Crippen molar-refractivity contribution in [3.63, 3.8) is 0 Å². The summed E-state index contributed by atoms with van der Waals surface area (Å²) in [4.78, 5) is 24.1. The van der Waals surface area contributed by atoms with Crippen LogP contribution in [0.1, 0.15) is 32.6 Å². The highest BCUT2D eigenvalue weighted by atomic mass is 16.5. The summed E-state index contributed by atoms with van der Waals surface area (Å²) < 4.78 is 10.4. The molecule has 1 aromatic rings. The van der Waals surface area contributed by atoms with E-state index in [2.05, 4.69) is 10.6 Å². The Balaban J connectivity index is 2.15. The van der Waals surface area contributed by atoms with Crippen LogP contribution in [0.3, 0.4) is 0 Å². The van der Waals surface area contributed by atoms with Crippen LogP contribution in [0.25, 0.3) is 0 Å². The van der Waals surface area contributed by atoms with Gasteiger partial charge in [0, 0.05) is 13.0 Å². The fourth-order valence-corrected chi connectivity index (χ4v) is 3.02. The van der Waals surface area contributed by atoms with Crippen LogP contribution in [0.15, 0.2) is 18.2 Å². The van der Waals surface area contributed by atoms with Crippen LogP contribution in [0.4, 0.5) is 5.69 Å². The Hall–Kier alpha value is -2.24. The fraction of sp³-hybridized carbons (Fsp3) is 0.529. The Labute approximate surface area is 136 Å². The average molecular weight is 320 g/mol. The monoisotopic (exact) mass is 320 g/mol. The molecule has 0 bridgehead atoms. The normalized spacial score (nSPS) is 15.8. The summed E-state index contributed by atoms with van der Waals surface area (Å²) in [5.74, 6) is 0.942. The maximum atomic E-state index is 12.6. The number of ether oxygens (including phenoxy) is 2. The van der Waals surface area contributed by atoms with E-state index in [9.17, 15) is 9.59 Å². The summed E-state index contributed by atoms with van der Waals surface area (Å²) >= 11 is 0. The number of carbonyl (C=O) groups is 2. The number of hydrogen-bond acceptors (Lipinski definition) is 4. The molecule has 1 aromatic carbocycles. The van der Waals surface area contributed by atoms with Gasteiger partial charge in [0.2, 0.25) is 11.8 Å². The topological polar surface area (TPSA) is 76.7 Å². The minimum absolute atomic E-state index is 0.183. The first-order valence-electron chi connectivity index (χ1n) is 7.85. The molecule has 0 radical (unpaired) electrons. The van der Waals surface area contributed by atoms with Gasteiger partial charge in [0.15, 0.2) is 0 Å². The van der Waals surface area contributed by atoms with Crippen molar-refractivity contribution in [3.05, 3.63) is 18.2 Å². The Bertz CT molecular complexity index is 568. The van der Waals surface area contributed by atoms with Crippen molar-refractivity contribution in [1.29, 1.82) is 0 Å². The summed E-state index contributed by atoms with van der Waals surface area (Å²) in [5.41, 5.74) is 0.562. The van der Waals surface area contributed by atoms with Crippen LogP contribution in [0.2, 0.25) is 0 Å². The van der Waals surface area contributed by atoms with Gasteiger partial charge in [-0.1, -0.05) is 12.8 Å². The first-order valence-corrected chi connectivity index (χ1v) is 7.85. The first kappa shape index (κ1) is 17.1. The number of methoxy groups -OCH3 is 2. The molecule has 1 saturated carbocycles. The smallest absolute Gasteiger partial charge is 0.247 e. The minimum Gasteiger partial charge on any atom is -0.497 e. The molecule has 2 amide bonds. The van der Waals surface area contributed by atoms with Gasteiger partial charge in [-0.3, -0.25) is 9.59 Å². The zero-order chi connectivity index (χ0) is 16.8. The Kier molecular flexibility index (Phi) is 5.84. The van der Waals surface area contributed by atoms with Gasteiger partial charge >= 0.3 is 0 Å². The first-order chi connectivity index (χ1) is 11.0. The quantitative estimate of drug-likeness (QED) is 0.843. The molecule has 126 valence electrons. The van der Waals surface area contributed by atoms with E-state index < -0.39 is 6.04 Å². The van der Waals surface area contributed by atoms with Gasteiger partial charge < -0.3 is 20.1 Å². The van der Waals surface area contributed by atoms with Crippen molar-refractivity contribution in [2.75, 3.05) is 19.5 Å². The van der Waals surface area contributed by atoms with Gasteiger partial charge in [-0.25, -0.2) is 0 Å². The zero-order valence-electron chi connectivity index (χ0n) is 13.8. The Morgan fingerprint density at radius 2 is 1.87 bits per heavy atom. The van der Waals surface area contributed by atoms with E-state index in [1.165, 1.54) is 14.0 Å². The van der Waals surface area contributed by atoms with Crippen molar-refractivity contribution in [2.45, 2.75) is 38.6 Å². The van der Waals surface area contributed by atoms with E-state index in [0.717, 1.165) is 25.7 Å². The molecule has 0 saturated heterocycles. The Morgan fingerprint density at radius 3 is 2.43 bits per heavy atom. The van der Waals surface area contributed by atoms with E-state index >= 15 is 0 Å². The standard InChI is InChI=1S/C17H24N2O4/c1-11(20)18-16(12-6-4-5-7-12)17(21)19-14-9-8-13(22-2)10-15(14)23-3/h8-10,12,16H,4-7H2,1-3H3,(H,18,20)(H,19,21)/t16-/m0/s1. The second kappa shape index (κ2) is 7.85. The molecule has 0 unspecified atom stereocenters. The molecule has 0 aromatic heterocycles. The minimum atomic E-state index is -0.512. The second-order valence-electron chi connectivity index (χ2n) is 5.78. The maximum Gasteiger partial charge on any atom is 0.247 e. The van der Waals surface area contributed by atoms with Gasteiger partial charge in [-0.05, 0) is 30.9 Å². The highest BCUT2D eigenvalue weighted by molar-refractivity contribution is 5.98. The SMILES string of the molecule is COc1ccc(NC(=O)[C@@H](NC(C)=O)C2CCCC2)c(OC)c1. The lowest BCUT2D eigenvalue weighted by molar-refractivity contribution is -0.126. The lowest BCUT2D eigenvalue weighted by Crippen LogP contribution is -2.47. The molecule has 1 aliphatic carbocycles. The second-order valence-corrected chi connectivity index (χ2v) is 5.78. The van der Waals surface area contributed by atoms with Crippen LogP contribution in [0, 0.1) is 5.92 Å². The summed E-state index contributed by atoms with van der Waals surface area (Å²) in [5, 5.41) is 5.65. The number of carbonyl (C=O) groups excluding carboxylic acids is 2. The number of anilines is 1. The molecule has 1 fully saturated rings. The summed E-state index contributed by atoms with van der Waals surface area (Å²) in [7, 11) is 3.10. The van der Waals surface area contributed by atoms with Crippen molar-refractivity contribution in [3.8, 4) is 11.5 Å². The largest absolute Gasteiger partial charge is 0.497 e. The number of hydrogen-bond donors (Lipinski definition) is 2. The molecule has 0 spiro atoms. The molecule has 1 aliphatic rings. The Morgan fingerprint density at radius 1 is 1.17 bits per heavy atom. The van der Waals surface area contributed by atoms with Gasteiger partial charge in [-0.2, -0.15) is 0 Å². The lowest BCUT2D eigenvalue weighted by Gasteiger charge is -2.23. The number of rotatable bonds is 6. The van der Waals surface area contributed by atoms with E-state index in [1.807, 2.05) is 0 Å². The van der Waals surface area contributed by atoms with Crippen LogP contribution in [-0.4, -0.2) is 32.1 Å².